The Morgan fingerprint density at radius 3 is 2.59 bits per heavy atom. The summed E-state index contributed by atoms with van der Waals surface area (Å²) < 4.78 is 28.0. The maximum Gasteiger partial charge on any atom is 0.262 e. The second-order valence-corrected chi connectivity index (χ2v) is 7.28. The smallest absolute Gasteiger partial charge is 0.205 e. The normalized spacial score (nSPS) is 40.2. The summed E-state index contributed by atoms with van der Waals surface area (Å²) in [5.41, 5.74) is 0. The topological polar surface area (TPSA) is 0 Å². The number of fused-ring (bicyclic) bond motifs is 1. The number of hydrogen-bond donors (Lipinski definition) is 0. The zero-order valence-electron chi connectivity index (χ0n) is 10.6. The molecule has 0 spiro atoms. The zero-order chi connectivity index (χ0) is 12.5. The van der Waals surface area contributed by atoms with Crippen molar-refractivity contribution in [2.45, 2.75) is 68.1 Å². The molecule has 2 aliphatic rings. The Morgan fingerprint density at radius 2 is 1.88 bits per heavy atom. The molecule has 0 aliphatic heterocycles. The summed E-state index contributed by atoms with van der Waals surface area (Å²) in [6, 6.07) is 0. The lowest BCUT2D eigenvalue weighted by atomic mass is 9.98. The third-order valence-corrected chi connectivity index (χ3v) is 6.03. The molecule has 100 valence electrons. The van der Waals surface area contributed by atoms with Gasteiger partial charge in [0, 0.05) is 5.92 Å². The fraction of sp³-hybridized carbons (Fsp3) is 1.00. The quantitative estimate of drug-likeness (QED) is 0.357. The Labute approximate surface area is 117 Å². The fourth-order valence-corrected chi connectivity index (χ4v) is 4.39. The Hall–Kier alpha value is 0.590. The van der Waals surface area contributed by atoms with Crippen LogP contribution in [0.4, 0.5) is 8.78 Å². The van der Waals surface area contributed by atoms with Crippen molar-refractivity contribution in [1.82, 2.24) is 0 Å². The van der Waals surface area contributed by atoms with Crippen molar-refractivity contribution in [3.8, 4) is 0 Å². The summed E-state index contributed by atoms with van der Waals surface area (Å²) in [6.45, 7) is 2.17. The van der Waals surface area contributed by atoms with Gasteiger partial charge in [-0.05, 0) is 31.1 Å². The third-order valence-electron chi connectivity index (χ3n) is 4.58. The van der Waals surface area contributed by atoms with Crippen LogP contribution in [0.15, 0.2) is 0 Å². The van der Waals surface area contributed by atoms with Crippen LogP contribution in [0.25, 0.3) is 0 Å². The largest absolute Gasteiger partial charge is 0.262 e. The van der Waals surface area contributed by atoms with Gasteiger partial charge in [-0.2, -0.15) is 0 Å². The molecule has 0 aromatic heterocycles. The predicted molar refractivity (Wildman–Crippen MR) is 75.8 cm³/mol. The predicted octanol–water partition coefficient (Wildman–Crippen LogP) is 5.44. The minimum absolute atomic E-state index is 0.276. The van der Waals surface area contributed by atoms with Gasteiger partial charge in [0.1, 0.15) is 0 Å². The molecule has 0 saturated heterocycles. The Balaban J connectivity index is 1.94. The number of halogens is 3. The second-order valence-electron chi connectivity index (χ2n) is 5.78. The standard InChI is InChI=1S/C14H23F2I/c1-2-3-4-7-10-11-8-5-6-9-12(17)14(15,16)13(10)11/h10-13H,2-9H2,1H3/t10?,11?,12?,13-/m1/s1. The van der Waals surface area contributed by atoms with Gasteiger partial charge in [0.2, 0.25) is 0 Å². The minimum atomic E-state index is -2.40. The Bertz CT molecular complexity index is 255. The highest BCUT2D eigenvalue weighted by atomic mass is 127. The van der Waals surface area contributed by atoms with E-state index >= 15 is 0 Å². The Kier molecular flexibility index (Phi) is 4.70. The highest BCUT2D eigenvalue weighted by Crippen LogP contribution is 2.62. The maximum absolute atomic E-state index is 14.2. The minimum Gasteiger partial charge on any atom is -0.205 e. The molecule has 2 fully saturated rings. The lowest BCUT2D eigenvalue weighted by molar-refractivity contribution is -0.0337. The van der Waals surface area contributed by atoms with Gasteiger partial charge in [-0.3, -0.25) is 0 Å². The molecule has 0 aromatic carbocycles. The molecule has 2 aliphatic carbocycles. The molecule has 0 aromatic rings. The molecular formula is C14H23F2I. The fourth-order valence-electron chi connectivity index (χ4n) is 3.54. The summed E-state index contributed by atoms with van der Waals surface area (Å²) in [5.74, 6) is -1.99. The van der Waals surface area contributed by atoms with Crippen LogP contribution in [0.3, 0.4) is 0 Å². The molecule has 2 saturated carbocycles. The average Bonchev–Trinajstić information content (AvgIpc) is 2.97. The van der Waals surface area contributed by atoms with E-state index in [4.69, 9.17) is 0 Å². The van der Waals surface area contributed by atoms with Gasteiger partial charge in [0.05, 0.1) is 3.92 Å². The SMILES string of the molecule is CCCCCC1C2CCCCC(I)C(F)(F)[C@H]12. The summed E-state index contributed by atoms with van der Waals surface area (Å²) in [6.07, 6.45) is 8.51. The van der Waals surface area contributed by atoms with E-state index in [1.165, 1.54) is 19.3 Å². The van der Waals surface area contributed by atoms with Crippen LogP contribution in [-0.4, -0.2) is 9.85 Å². The van der Waals surface area contributed by atoms with Gasteiger partial charge in [0.15, 0.2) is 0 Å². The van der Waals surface area contributed by atoms with E-state index in [0.717, 1.165) is 25.7 Å². The van der Waals surface area contributed by atoms with E-state index in [-0.39, 0.29) is 5.92 Å². The van der Waals surface area contributed by atoms with Crippen LogP contribution in [-0.2, 0) is 0 Å². The zero-order valence-corrected chi connectivity index (χ0v) is 12.8. The van der Waals surface area contributed by atoms with Crippen LogP contribution in [0, 0.1) is 17.8 Å². The molecule has 3 unspecified atom stereocenters. The molecule has 0 amide bonds. The average molecular weight is 356 g/mol. The molecular weight excluding hydrogens is 333 g/mol. The van der Waals surface area contributed by atoms with E-state index in [1.54, 1.807) is 0 Å². The molecule has 0 heterocycles. The van der Waals surface area contributed by atoms with E-state index in [9.17, 15) is 8.78 Å². The summed E-state index contributed by atoms with van der Waals surface area (Å²) in [7, 11) is 0. The summed E-state index contributed by atoms with van der Waals surface area (Å²) in [5, 5.41) is 0. The van der Waals surface area contributed by atoms with E-state index in [1.807, 2.05) is 22.6 Å². The lowest BCUT2D eigenvalue weighted by Crippen LogP contribution is -2.33. The first-order chi connectivity index (χ1) is 8.09. The molecule has 3 heteroatoms. The van der Waals surface area contributed by atoms with Crippen molar-refractivity contribution < 1.29 is 8.78 Å². The third kappa shape index (κ3) is 2.95. The molecule has 0 bridgehead atoms. The van der Waals surface area contributed by atoms with Crippen LogP contribution in [0.5, 0.6) is 0 Å². The first-order valence-corrected chi connectivity index (χ1v) is 8.35. The van der Waals surface area contributed by atoms with Crippen molar-refractivity contribution >= 4 is 22.6 Å². The molecule has 2 rings (SSSR count). The Morgan fingerprint density at radius 1 is 1.18 bits per heavy atom. The second kappa shape index (κ2) is 5.70. The van der Waals surface area contributed by atoms with E-state index < -0.39 is 9.85 Å². The van der Waals surface area contributed by atoms with Crippen LogP contribution in [0.1, 0.15) is 58.3 Å². The molecule has 0 radical (unpaired) electrons. The van der Waals surface area contributed by atoms with Crippen LogP contribution in [0.2, 0.25) is 0 Å². The van der Waals surface area contributed by atoms with Gasteiger partial charge < -0.3 is 0 Å². The monoisotopic (exact) mass is 356 g/mol. The summed E-state index contributed by atoms with van der Waals surface area (Å²) >= 11 is 1.99. The highest BCUT2D eigenvalue weighted by Gasteiger charge is 2.64. The van der Waals surface area contributed by atoms with Crippen molar-refractivity contribution in [3.05, 3.63) is 0 Å². The van der Waals surface area contributed by atoms with Gasteiger partial charge in [-0.25, -0.2) is 8.78 Å². The number of alkyl halides is 3. The van der Waals surface area contributed by atoms with E-state index in [2.05, 4.69) is 6.92 Å². The number of rotatable bonds is 4. The van der Waals surface area contributed by atoms with Crippen molar-refractivity contribution in [1.29, 1.82) is 0 Å². The maximum atomic E-state index is 14.2. The number of unbranched alkanes of at least 4 members (excludes halogenated alkanes) is 2. The highest BCUT2D eigenvalue weighted by molar-refractivity contribution is 14.1. The van der Waals surface area contributed by atoms with Crippen molar-refractivity contribution in [2.24, 2.45) is 17.8 Å². The molecule has 0 N–H and O–H groups in total. The van der Waals surface area contributed by atoms with E-state index in [0.29, 0.717) is 18.3 Å². The van der Waals surface area contributed by atoms with Gasteiger partial charge in [0.25, 0.3) is 5.92 Å². The first-order valence-electron chi connectivity index (χ1n) is 7.11. The van der Waals surface area contributed by atoms with Crippen LogP contribution >= 0.6 is 22.6 Å². The lowest BCUT2D eigenvalue weighted by Gasteiger charge is -2.24. The molecule has 0 nitrogen and oxygen atoms in total. The van der Waals surface area contributed by atoms with Crippen molar-refractivity contribution in [3.63, 3.8) is 0 Å². The number of hydrogen-bond acceptors (Lipinski definition) is 0. The molecule has 17 heavy (non-hydrogen) atoms. The van der Waals surface area contributed by atoms with Crippen molar-refractivity contribution in [2.75, 3.05) is 0 Å². The van der Waals surface area contributed by atoms with Gasteiger partial charge in [-0.15, -0.1) is 0 Å². The first kappa shape index (κ1) is 14.0. The summed E-state index contributed by atoms with van der Waals surface area (Å²) in [4.78, 5) is 0. The molecule has 4 atom stereocenters. The van der Waals surface area contributed by atoms with Gasteiger partial charge in [-0.1, -0.05) is 61.6 Å². The van der Waals surface area contributed by atoms with Crippen LogP contribution < -0.4 is 0 Å². The van der Waals surface area contributed by atoms with Gasteiger partial charge >= 0.3 is 0 Å².